The Labute approximate surface area is 108 Å². The molecule has 2 aliphatic heterocycles. The third-order valence-electron chi connectivity index (χ3n) is 3.47. The van der Waals surface area contributed by atoms with Crippen LogP contribution in [0.25, 0.3) is 0 Å². The second-order valence-corrected chi connectivity index (χ2v) is 4.98. The maximum absolute atomic E-state index is 5.74. The van der Waals surface area contributed by atoms with Gasteiger partial charge in [0.2, 0.25) is 0 Å². The summed E-state index contributed by atoms with van der Waals surface area (Å²) in [5.74, 6) is 1.76. The van der Waals surface area contributed by atoms with E-state index in [1.165, 1.54) is 5.69 Å². The van der Waals surface area contributed by atoms with E-state index in [0.29, 0.717) is 6.04 Å². The summed E-state index contributed by atoms with van der Waals surface area (Å²) >= 11 is 0. The number of anilines is 1. The molecule has 0 aromatic heterocycles. The fourth-order valence-electron chi connectivity index (χ4n) is 2.52. The normalized spacial score (nSPS) is 23.6. The Bertz CT molecular complexity index is 422. The van der Waals surface area contributed by atoms with Crippen LogP contribution in [0.5, 0.6) is 11.5 Å². The molecule has 3 rings (SSSR count). The SMILES string of the molecule is CC1CN(c2ccc3c(c2)OCCCO3)CCN1. The van der Waals surface area contributed by atoms with E-state index in [1.807, 2.05) is 6.07 Å². The van der Waals surface area contributed by atoms with Crippen molar-refractivity contribution in [2.45, 2.75) is 19.4 Å². The zero-order valence-corrected chi connectivity index (χ0v) is 10.8. The molecule has 98 valence electrons. The van der Waals surface area contributed by atoms with Gasteiger partial charge in [-0.05, 0) is 19.1 Å². The Balaban J connectivity index is 1.82. The monoisotopic (exact) mass is 248 g/mol. The summed E-state index contributed by atoms with van der Waals surface area (Å²) in [5, 5.41) is 3.46. The molecule has 1 N–H and O–H groups in total. The summed E-state index contributed by atoms with van der Waals surface area (Å²) in [4.78, 5) is 2.40. The number of hydrogen-bond acceptors (Lipinski definition) is 4. The molecule has 1 unspecified atom stereocenters. The van der Waals surface area contributed by atoms with Crippen LogP contribution >= 0.6 is 0 Å². The fraction of sp³-hybridized carbons (Fsp3) is 0.571. The molecule has 2 aliphatic rings. The lowest BCUT2D eigenvalue weighted by Crippen LogP contribution is -2.49. The highest BCUT2D eigenvalue weighted by molar-refractivity contribution is 5.57. The topological polar surface area (TPSA) is 33.7 Å². The summed E-state index contributed by atoms with van der Waals surface area (Å²) in [7, 11) is 0. The number of nitrogens with zero attached hydrogens (tertiary/aromatic N) is 1. The summed E-state index contributed by atoms with van der Waals surface area (Å²) in [6.45, 7) is 6.83. The van der Waals surface area contributed by atoms with Crippen LogP contribution in [0.15, 0.2) is 18.2 Å². The van der Waals surface area contributed by atoms with Crippen molar-refractivity contribution >= 4 is 5.69 Å². The van der Waals surface area contributed by atoms with Crippen LogP contribution in [0.3, 0.4) is 0 Å². The third-order valence-corrected chi connectivity index (χ3v) is 3.47. The van der Waals surface area contributed by atoms with E-state index < -0.39 is 0 Å². The van der Waals surface area contributed by atoms with E-state index in [-0.39, 0.29) is 0 Å². The number of piperazine rings is 1. The summed E-state index contributed by atoms with van der Waals surface area (Å²) in [5.41, 5.74) is 1.23. The molecule has 0 aliphatic carbocycles. The van der Waals surface area contributed by atoms with Gasteiger partial charge in [0.25, 0.3) is 0 Å². The van der Waals surface area contributed by atoms with Crippen LogP contribution in [-0.4, -0.2) is 38.9 Å². The Morgan fingerprint density at radius 3 is 2.89 bits per heavy atom. The van der Waals surface area contributed by atoms with Gasteiger partial charge in [0, 0.05) is 43.9 Å². The second kappa shape index (κ2) is 5.06. The molecule has 1 aromatic rings. The Hall–Kier alpha value is -1.42. The highest BCUT2D eigenvalue weighted by atomic mass is 16.5. The molecule has 0 spiro atoms. The van der Waals surface area contributed by atoms with Gasteiger partial charge >= 0.3 is 0 Å². The van der Waals surface area contributed by atoms with Crippen molar-refractivity contribution in [2.75, 3.05) is 37.7 Å². The largest absolute Gasteiger partial charge is 0.490 e. The minimum absolute atomic E-state index is 0.537. The molecule has 0 saturated carbocycles. The van der Waals surface area contributed by atoms with Crippen molar-refractivity contribution in [3.05, 3.63) is 18.2 Å². The zero-order chi connectivity index (χ0) is 12.4. The van der Waals surface area contributed by atoms with Crippen molar-refractivity contribution in [2.24, 2.45) is 0 Å². The number of ether oxygens (including phenoxy) is 2. The molecule has 1 aromatic carbocycles. The van der Waals surface area contributed by atoms with E-state index in [4.69, 9.17) is 9.47 Å². The Kier molecular flexibility index (Phi) is 3.28. The highest BCUT2D eigenvalue weighted by Crippen LogP contribution is 2.33. The number of fused-ring (bicyclic) bond motifs is 1. The fourth-order valence-corrected chi connectivity index (χ4v) is 2.52. The van der Waals surface area contributed by atoms with Gasteiger partial charge in [0.15, 0.2) is 11.5 Å². The van der Waals surface area contributed by atoms with Gasteiger partial charge in [-0.15, -0.1) is 0 Å². The van der Waals surface area contributed by atoms with Crippen molar-refractivity contribution in [1.29, 1.82) is 0 Å². The van der Waals surface area contributed by atoms with Crippen molar-refractivity contribution in [3.8, 4) is 11.5 Å². The molecule has 0 radical (unpaired) electrons. The highest BCUT2D eigenvalue weighted by Gasteiger charge is 2.18. The molecule has 1 fully saturated rings. The van der Waals surface area contributed by atoms with E-state index in [9.17, 15) is 0 Å². The van der Waals surface area contributed by atoms with Crippen molar-refractivity contribution in [3.63, 3.8) is 0 Å². The Morgan fingerprint density at radius 1 is 1.22 bits per heavy atom. The minimum Gasteiger partial charge on any atom is -0.490 e. The molecule has 0 bridgehead atoms. The lowest BCUT2D eigenvalue weighted by atomic mass is 10.2. The van der Waals surface area contributed by atoms with Crippen LogP contribution < -0.4 is 19.7 Å². The second-order valence-electron chi connectivity index (χ2n) is 4.98. The van der Waals surface area contributed by atoms with E-state index in [1.54, 1.807) is 0 Å². The molecular formula is C14H20N2O2. The van der Waals surface area contributed by atoms with Gasteiger partial charge in [-0.1, -0.05) is 0 Å². The predicted molar refractivity (Wildman–Crippen MR) is 71.7 cm³/mol. The predicted octanol–water partition coefficient (Wildman–Crippen LogP) is 1.65. The average Bonchev–Trinajstić information content (AvgIpc) is 2.63. The first-order valence-electron chi connectivity index (χ1n) is 6.71. The molecule has 1 saturated heterocycles. The quantitative estimate of drug-likeness (QED) is 0.819. The first kappa shape index (κ1) is 11.7. The van der Waals surface area contributed by atoms with E-state index >= 15 is 0 Å². The standard InChI is InChI=1S/C14H20N2O2/c1-11-10-16(6-5-15-11)12-3-4-13-14(9-12)18-8-2-7-17-13/h3-4,9,11,15H,2,5-8,10H2,1H3. The molecule has 4 heteroatoms. The number of rotatable bonds is 1. The molecule has 1 atom stereocenters. The van der Waals surface area contributed by atoms with Crippen LogP contribution in [0.4, 0.5) is 5.69 Å². The van der Waals surface area contributed by atoms with Gasteiger partial charge in [-0.3, -0.25) is 0 Å². The van der Waals surface area contributed by atoms with Crippen LogP contribution in [0.1, 0.15) is 13.3 Å². The molecule has 2 heterocycles. The van der Waals surface area contributed by atoms with Gasteiger partial charge in [0.05, 0.1) is 13.2 Å². The first-order chi connectivity index (χ1) is 8.83. The van der Waals surface area contributed by atoms with Crippen LogP contribution in [0, 0.1) is 0 Å². The maximum atomic E-state index is 5.74. The summed E-state index contributed by atoms with van der Waals surface area (Å²) in [6.07, 6.45) is 0.953. The number of hydrogen-bond donors (Lipinski definition) is 1. The molecular weight excluding hydrogens is 228 g/mol. The summed E-state index contributed by atoms with van der Waals surface area (Å²) < 4.78 is 11.4. The van der Waals surface area contributed by atoms with Crippen LogP contribution in [-0.2, 0) is 0 Å². The number of nitrogens with one attached hydrogen (secondary N) is 1. The maximum Gasteiger partial charge on any atom is 0.163 e. The smallest absolute Gasteiger partial charge is 0.163 e. The molecule has 0 amide bonds. The lowest BCUT2D eigenvalue weighted by molar-refractivity contribution is 0.297. The Morgan fingerprint density at radius 2 is 2.06 bits per heavy atom. The average molecular weight is 248 g/mol. The van der Waals surface area contributed by atoms with Gasteiger partial charge in [0.1, 0.15) is 0 Å². The van der Waals surface area contributed by atoms with E-state index in [0.717, 1.165) is 50.8 Å². The van der Waals surface area contributed by atoms with Gasteiger partial charge in [-0.2, -0.15) is 0 Å². The number of benzene rings is 1. The van der Waals surface area contributed by atoms with Crippen molar-refractivity contribution < 1.29 is 9.47 Å². The summed E-state index contributed by atoms with van der Waals surface area (Å²) in [6, 6.07) is 6.81. The molecule has 4 nitrogen and oxygen atoms in total. The molecule has 18 heavy (non-hydrogen) atoms. The van der Waals surface area contributed by atoms with Gasteiger partial charge < -0.3 is 19.7 Å². The van der Waals surface area contributed by atoms with Gasteiger partial charge in [-0.25, -0.2) is 0 Å². The van der Waals surface area contributed by atoms with Crippen molar-refractivity contribution in [1.82, 2.24) is 5.32 Å². The zero-order valence-electron chi connectivity index (χ0n) is 10.8. The lowest BCUT2D eigenvalue weighted by Gasteiger charge is -2.33. The van der Waals surface area contributed by atoms with Crippen LogP contribution in [0.2, 0.25) is 0 Å². The third kappa shape index (κ3) is 2.38. The first-order valence-corrected chi connectivity index (χ1v) is 6.71. The minimum atomic E-state index is 0.537. The van der Waals surface area contributed by atoms with E-state index in [2.05, 4.69) is 29.3 Å².